The van der Waals surface area contributed by atoms with Crippen LogP contribution < -0.4 is 10.6 Å². The van der Waals surface area contributed by atoms with Crippen LogP contribution in [0.4, 0.5) is 0 Å². The van der Waals surface area contributed by atoms with Gasteiger partial charge in [-0.3, -0.25) is 4.79 Å². The van der Waals surface area contributed by atoms with Crippen LogP contribution in [0.5, 0.6) is 0 Å². The first-order chi connectivity index (χ1) is 5.24. The molecule has 0 spiro atoms. The van der Waals surface area contributed by atoms with E-state index in [1.807, 2.05) is 0 Å². The van der Waals surface area contributed by atoms with Crippen molar-refractivity contribution in [3.8, 4) is 0 Å². The van der Waals surface area contributed by atoms with Crippen LogP contribution in [-0.2, 0) is 4.79 Å². The van der Waals surface area contributed by atoms with Crippen LogP contribution in [0.1, 0.15) is 26.2 Å². The van der Waals surface area contributed by atoms with Gasteiger partial charge in [0.05, 0.1) is 6.04 Å². The molecule has 0 radical (unpaired) electrons. The maximum atomic E-state index is 11.1. The Morgan fingerprint density at radius 2 is 2.27 bits per heavy atom. The van der Waals surface area contributed by atoms with Gasteiger partial charge in [-0.25, -0.2) is 0 Å². The van der Waals surface area contributed by atoms with Gasteiger partial charge in [0.1, 0.15) is 0 Å². The molecule has 1 heterocycles. The van der Waals surface area contributed by atoms with E-state index in [9.17, 15) is 4.79 Å². The Kier molecular flexibility index (Phi) is 2.88. The van der Waals surface area contributed by atoms with Crippen LogP contribution >= 0.6 is 0 Å². The van der Waals surface area contributed by atoms with Gasteiger partial charge in [0.25, 0.3) is 0 Å². The lowest BCUT2D eigenvalue weighted by Gasteiger charge is -2.27. The van der Waals surface area contributed by atoms with Crippen molar-refractivity contribution in [1.82, 2.24) is 10.6 Å². The Bertz CT molecular complexity index is 147. The number of hydrogen-bond acceptors (Lipinski definition) is 2. The van der Waals surface area contributed by atoms with Gasteiger partial charge < -0.3 is 10.6 Å². The predicted octanol–water partition coefficient (Wildman–Crippen LogP) is 0.263. The average molecular weight is 156 g/mol. The van der Waals surface area contributed by atoms with Crippen LogP contribution in [0, 0.1) is 0 Å². The van der Waals surface area contributed by atoms with E-state index in [0.29, 0.717) is 6.04 Å². The maximum absolute atomic E-state index is 11.1. The minimum atomic E-state index is 0.0451. The number of hydrogen-bond donors (Lipinski definition) is 2. The predicted molar refractivity (Wildman–Crippen MR) is 44.3 cm³/mol. The lowest BCUT2D eigenvalue weighted by molar-refractivity contribution is -0.123. The quantitative estimate of drug-likeness (QED) is 0.572. The number of likely N-dealkylation sites (N-methyl/N-ethyl adjacent to an activating group) is 1. The minimum Gasteiger partial charge on any atom is -0.358 e. The van der Waals surface area contributed by atoms with E-state index in [1.165, 1.54) is 6.42 Å². The van der Waals surface area contributed by atoms with Crippen LogP contribution in [0.25, 0.3) is 0 Å². The van der Waals surface area contributed by atoms with Gasteiger partial charge >= 0.3 is 0 Å². The standard InChI is InChI=1S/C8H16N2O/c1-6-4-3-5-7(10-6)8(11)9-2/h6-7,10H,3-5H2,1-2H3,(H,9,11)/t6-,7-/m1/s1. The van der Waals surface area contributed by atoms with Gasteiger partial charge in [-0.1, -0.05) is 0 Å². The number of carbonyl (C=O) groups is 1. The molecule has 64 valence electrons. The van der Waals surface area contributed by atoms with Crippen molar-refractivity contribution in [2.75, 3.05) is 7.05 Å². The molecular formula is C8H16N2O. The summed E-state index contributed by atoms with van der Waals surface area (Å²) in [6, 6.07) is 0.537. The van der Waals surface area contributed by atoms with Gasteiger partial charge in [-0.15, -0.1) is 0 Å². The lowest BCUT2D eigenvalue weighted by Crippen LogP contribution is -2.49. The molecule has 3 nitrogen and oxygen atoms in total. The fourth-order valence-electron chi connectivity index (χ4n) is 1.52. The number of rotatable bonds is 1. The molecule has 1 amide bonds. The second kappa shape index (κ2) is 3.72. The monoisotopic (exact) mass is 156 g/mol. The Hall–Kier alpha value is -0.570. The summed E-state index contributed by atoms with van der Waals surface area (Å²) in [7, 11) is 1.68. The van der Waals surface area contributed by atoms with Gasteiger partial charge in [0, 0.05) is 13.1 Å². The molecule has 0 bridgehead atoms. The Labute approximate surface area is 67.5 Å². The SMILES string of the molecule is CNC(=O)[C@H]1CCC[C@@H](C)N1. The van der Waals surface area contributed by atoms with E-state index < -0.39 is 0 Å². The topological polar surface area (TPSA) is 41.1 Å². The highest BCUT2D eigenvalue weighted by Gasteiger charge is 2.22. The zero-order valence-corrected chi connectivity index (χ0v) is 7.18. The normalized spacial score (nSPS) is 31.5. The van der Waals surface area contributed by atoms with E-state index in [0.717, 1.165) is 12.8 Å². The second-order valence-electron chi connectivity index (χ2n) is 3.17. The first-order valence-electron chi connectivity index (χ1n) is 4.21. The third kappa shape index (κ3) is 2.19. The number of piperidine rings is 1. The Balaban J connectivity index is 2.39. The molecule has 11 heavy (non-hydrogen) atoms. The highest BCUT2D eigenvalue weighted by Crippen LogP contribution is 2.11. The van der Waals surface area contributed by atoms with Crippen LogP contribution in [0.3, 0.4) is 0 Å². The second-order valence-corrected chi connectivity index (χ2v) is 3.17. The molecule has 1 aliphatic rings. The van der Waals surface area contributed by atoms with Crippen molar-refractivity contribution < 1.29 is 4.79 Å². The highest BCUT2D eigenvalue weighted by atomic mass is 16.2. The molecule has 2 N–H and O–H groups in total. The molecule has 3 heteroatoms. The molecule has 1 fully saturated rings. The first-order valence-corrected chi connectivity index (χ1v) is 4.21. The summed E-state index contributed by atoms with van der Waals surface area (Å²) < 4.78 is 0. The molecule has 1 saturated heterocycles. The fraction of sp³-hybridized carbons (Fsp3) is 0.875. The van der Waals surface area contributed by atoms with Gasteiger partial charge in [-0.2, -0.15) is 0 Å². The summed E-state index contributed by atoms with van der Waals surface area (Å²) in [5.41, 5.74) is 0. The van der Waals surface area contributed by atoms with Gasteiger partial charge in [0.2, 0.25) is 5.91 Å². The molecule has 0 aromatic rings. The summed E-state index contributed by atoms with van der Waals surface area (Å²) in [5, 5.41) is 5.91. The largest absolute Gasteiger partial charge is 0.358 e. The lowest BCUT2D eigenvalue weighted by atomic mass is 9.99. The molecular weight excluding hydrogens is 140 g/mol. The van der Waals surface area contributed by atoms with Crippen molar-refractivity contribution >= 4 is 5.91 Å². The summed E-state index contributed by atoms with van der Waals surface area (Å²) in [6.07, 6.45) is 3.32. The summed E-state index contributed by atoms with van der Waals surface area (Å²) in [6.45, 7) is 2.12. The van der Waals surface area contributed by atoms with Crippen molar-refractivity contribution in [2.24, 2.45) is 0 Å². The number of carbonyl (C=O) groups excluding carboxylic acids is 1. The molecule has 0 aliphatic carbocycles. The van der Waals surface area contributed by atoms with E-state index in [4.69, 9.17) is 0 Å². The third-order valence-electron chi connectivity index (χ3n) is 2.18. The zero-order chi connectivity index (χ0) is 8.27. The van der Waals surface area contributed by atoms with Gasteiger partial charge in [-0.05, 0) is 26.2 Å². The number of nitrogens with one attached hydrogen (secondary N) is 2. The third-order valence-corrected chi connectivity index (χ3v) is 2.18. The average Bonchev–Trinajstić information content (AvgIpc) is 2.03. The Morgan fingerprint density at radius 3 is 2.82 bits per heavy atom. The van der Waals surface area contributed by atoms with Crippen molar-refractivity contribution in [2.45, 2.75) is 38.3 Å². The summed E-state index contributed by atoms with van der Waals surface area (Å²) >= 11 is 0. The zero-order valence-electron chi connectivity index (χ0n) is 7.18. The van der Waals surface area contributed by atoms with Crippen molar-refractivity contribution in [3.63, 3.8) is 0 Å². The molecule has 2 atom stereocenters. The van der Waals surface area contributed by atoms with Crippen LogP contribution in [0.15, 0.2) is 0 Å². The number of amides is 1. The van der Waals surface area contributed by atoms with Crippen molar-refractivity contribution in [3.05, 3.63) is 0 Å². The van der Waals surface area contributed by atoms with Crippen molar-refractivity contribution in [1.29, 1.82) is 0 Å². The van der Waals surface area contributed by atoms with Crippen LogP contribution in [-0.4, -0.2) is 25.0 Å². The summed E-state index contributed by atoms with van der Waals surface area (Å²) in [4.78, 5) is 11.1. The highest BCUT2D eigenvalue weighted by molar-refractivity contribution is 5.81. The Morgan fingerprint density at radius 1 is 1.55 bits per heavy atom. The summed E-state index contributed by atoms with van der Waals surface area (Å²) in [5.74, 6) is 0.122. The molecule has 0 unspecified atom stereocenters. The minimum absolute atomic E-state index is 0.0451. The first kappa shape index (κ1) is 8.53. The molecule has 0 saturated carbocycles. The molecule has 0 aromatic heterocycles. The van der Waals surface area contributed by atoms with E-state index >= 15 is 0 Å². The molecule has 1 rings (SSSR count). The van der Waals surface area contributed by atoms with E-state index in [1.54, 1.807) is 7.05 Å². The smallest absolute Gasteiger partial charge is 0.236 e. The molecule has 0 aromatic carbocycles. The van der Waals surface area contributed by atoms with E-state index in [-0.39, 0.29) is 11.9 Å². The van der Waals surface area contributed by atoms with Crippen LogP contribution in [0.2, 0.25) is 0 Å². The van der Waals surface area contributed by atoms with E-state index in [2.05, 4.69) is 17.6 Å². The molecule has 1 aliphatic heterocycles. The van der Waals surface area contributed by atoms with Gasteiger partial charge in [0.15, 0.2) is 0 Å². The fourth-order valence-corrected chi connectivity index (χ4v) is 1.52. The maximum Gasteiger partial charge on any atom is 0.236 e.